The van der Waals surface area contributed by atoms with Crippen LogP contribution in [0.5, 0.6) is 11.5 Å². The fourth-order valence-electron chi connectivity index (χ4n) is 4.90. The van der Waals surface area contributed by atoms with E-state index in [1.807, 2.05) is 29.0 Å². The molecule has 0 fully saturated rings. The summed E-state index contributed by atoms with van der Waals surface area (Å²) in [7, 11) is -4.09. The van der Waals surface area contributed by atoms with Gasteiger partial charge < -0.3 is 9.47 Å². The molecule has 1 N–H and O–H groups in total. The van der Waals surface area contributed by atoms with Gasteiger partial charge >= 0.3 is 0 Å². The molecular weight excluding hydrogens is 580 g/mol. The lowest BCUT2D eigenvalue weighted by Gasteiger charge is -2.15. The number of hydrogen-bond donors (Lipinski definition) is 1. The molecule has 4 aromatic rings. The molecule has 3 amide bonds. The summed E-state index contributed by atoms with van der Waals surface area (Å²) in [5.74, 6) is -1.93. The van der Waals surface area contributed by atoms with Gasteiger partial charge in [0.05, 0.1) is 35.8 Å². The van der Waals surface area contributed by atoms with Gasteiger partial charge in [-0.1, -0.05) is 66.7 Å². The maximum atomic E-state index is 13.7. The summed E-state index contributed by atoms with van der Waals surface area (Å²) in [6.45, 7) is 4.14. The Morgan fingerprint density at radius 2 is 1.31 bits per heavy atom. The highest BCUT2D eigenvalue weighted by Crippen LogP contribution is 2.46. The van der Waals surface area contributed by atoms with Gasteiger partial charge in [0, 0.05) is 10.8 Å². The molecule has 0 saturated carbocycles. The van der Waals surface area contributed by atoms with Crippen molar-refractivity contribution < 1.29 is 32.3 Å². The van der Waals surface area contributed by atoms with Gasteiger partial charge in [-0.2, -0.15) is 0 Å². The van der Waals surface area contributed by atoms with Crippen molar-refractivity contribution in [2.24, 2.45) is 0 Å². The molecule has 0 aliphatic carbocycles. The molecule has 0 radical (unpaired) electrons. The van der Waals surface area contributed by atoms with Crippen LogP contribution in [0.2, 0.25) is 0 Å². The lowest BCUT2D eigenvalue weighted by molar-refractivity contribution is -0.119. The number of alkyl halides is 1. The Kier molecular flexibility index (Phi) is 8.20. The fourth-order valence-corrected chi connectivity index (χ4v) is 6.29. The molecule has 1 atom stereocenters. The Labute approximate surface area is 248 Å². The van der Waals surface area contributed by atoms with E-state index >= 15 is 0 Å². The van der Waals surface area contributed by atoms with Crippen LogP contribution in [0.3, 0.4) is 0 Å². The second-order valence-corrected chi connectivity index (χ2v) is 11.6. The number of carbonyl (C=O) groups excluding carboxylic acids is 3. The first-order valence-electron chi connectivity index (χ1n) is 13.2. The van der Waals surface area contributed by atoms with Crippen LogP contribution < -0.4 is 19.1 Å². The van der Waals surface area contributed by atoms with Crippen LogP contribution in [0.4, 0.5) is 5.69 Å². The molecule has 1 aliphatic rings. The van der Waals surface area contributed by atoms with Gasteiger partial charge in [0.1, 0.15) is 16.9 Å². The minimum atomic E-state index is -4.09. The Hall–Kier alpha value is -4.41. The molecule has 0 spiro atoms. The van der Waals surface area contributed by atoms with Crippen LogP contribution in [0, 0.1) is 0 Å². The van der Waals surface area contributed by atoms with E-state index in [4.69, 9.17) is 21.1 Å². The number of sulfonamides is 1. The van der Waals surface area contributed by atoms with Crippen LogP contribution in [0.25, 0.3) is 10.8 Å². The van der Waals surface area contributed by atoms with E-state index in [-0.39, 0.29) is 30.0 Å². The Balaban J connectivity index is 1.41. The summed E-state index contributed by atoms with van der Waals surface area (Å²) in [6, 6.07) is 21.5. The Morgan fingerprint density at radius 3 is 1.81 bits per heavy atom. The highest BCUT2D eigenvalue weighted by Gasteiger charge is 2.43. The summed E-state index contributed by atoms with van der Waals surface area (Å²) in [5, 5.41) is 0.120. The smallest absolute Gasteiger partial charge is 0.270 e. The molecule has 0 bridgehead atoms. The normalized spacial score (nSPS) is 13.6. The maximum absolute atomic E-state index is 13.7. The molecule has 9 nitrogen and oxygen atoms in total. The van der Waals surface area contributed by atoms with Crippen LogP contribution in [0.1, 0.15) is 51.1 Å². The van der Waals surface area contributed by atoms with Crippen molar-refractivity contribution >= 4 is 55.8 Å². The number of hydrogen-bond acceptors (Lipinski definition) is 7. The number of ether oxygens (including phenoxy) is 2. The van der Waals surface area contributed by atoms with E-state index in [2.05, 4.69) is 0 Å². The van der Waals surface area contributed by atoms with Crippen molar-refractivity contribution in [3.63, 3.8) is 0 Å². The molecule has 0 saturated heterocycles. The maximum Gasteiger partial charge on any atom is 0.270 e. The van der Waals surface area contributed by atoms with E-state index in [9.17, 15) is 22.8 Å². The van der Waals surface area contributed by atoms with Gasteiger partial charge in [0.2, 0.25) is 10.0 Å². The van der Waals surface area contributed by atoms with Crippen LogP contribution in [-0.4, -0.2) is 39.4 Å². The number of nitrogens with zero attached hydrogens (tertiary/aromatic N) is 1. The predicted molar refractivity (Wildman–Crippen MR) is 160 cm³/mol. The molecular formula is C31H27ClN2O7S. The zero-order valence-electron chi connectivity index (χ0n) is 22.8. The second kappa shape index (κ2) is 11.8. The van der Waals surface area contributed by atoms with Gasteiger partial charge in [-0.3, -0.25) is 19.1 Å². The SMILES string of the molecule is CCOc1c2c(c(OCC)c3ccccc13)C(=O)N(c1ccc(CS(=O)(=O)NC(=O)C(Cl)c3ccccc3)cc1)C2=O. The third kappa shape index (κ3) is 5.43. The third-order valence-corrected chi connectivity index (χ3v) is 8.34. The molecule has 42 heavy (non-hydrogen) atoms. The number of benzene rings is 4. The molecule has 216 valence electrons. The summed E-state index contributed by atoms with van der Waals surface area (Å²) in [4.78, 5) is 41.0. The zero-order valence-corrected chi connectivity index (χ0v) is 24.4. The van der Waals surface area contributed by atoms with Crippen molar-refractivity contribution in [2.75, 3.05) is 18.1 Å². The number of imide groups is 1. The Bertz CT molecular complexity index is 1730. The molecule has 1 heterocycles. The number of nitrogens with one attached hydrogen (secondary N) is 1. The van der Waals surface area contributed by atoms with Gasteiger partial charge in [-0.15, -0.1) is 11.6 Å². The van der Waals surface area contributed by atoms with Gasteiger partial charge in [-0.05, 0) is 37.1 Å². The number of rotatable bonds is 10. The minimum Gasteiger partial charge on any atom is -0.492 e. The van der Waals surface area contributed by atoms with E-state index in [1.165, 1.54) is 24.3 Å². The lowest BCUT2D eigenvalue weighted by atomic mass is 9.99. The number of carbonyl (C=O) groups is 3. The largest absolute Gasteiger partial charge is 0.492 e. The van der Waals surface area contributed by atoms with E-state index in [0.29, 0.717) is 33.4 Å². The summed E-state index contributed by atoms with van der Waals surface area (Å²) >= 11 is 6.16. The van der Waals surface area contributed by atoms with Crippen molar-refractivity contribution in [2.45, 2.75) is 25.0 Å². The topological polar surface area (TPSA) is 119 Å². The second-order valence-electron chi connectivity index (χ2n) is 9.43. The monoisotopic (exact) mass is 606 g/mol. The molecule has 1 aliphatic heterocycles. The van der Waals surface area contributed by atoms with Crippen LogP contribution in [0.15, 0.2) is 78.9 Å². The standard InChI is InChI=1S/C31H27ClN2O7S/c1-3-40-27-22-12-8-9-13-23(22)28(41-4-2)25-24(27)30(36)34(31(25)37)21-16-14-19(15-17-21)18-42(38,39)33-29(35)26(32)20-10-6-5-7-11-20/h5-17,26H,3-4,18H2,1-2H3,(H,33,35). The average Bonchev–Trinajstić information content (AvgIpc) is 3.24. The lowest BCUT2D eigenvalue weighted by Crippen LogP contribution is -2.34. The molecule has 5 rings (SSSR count). The predicted octanol–water partition coefficient (Wildman–Crippen LogP) is 5.36. The zero-order chi connectivity index (χ0) is 30.0. The molecule has 0 aromatic heterocycles. The summed E-state index contributed by atoms with van der Waals surface area (Å²) in [5.41, 5.74) is 1.27. The van der Waals surface area contributed by atoms with Crippen molar-refractivity contribution in [3.05, 3.63) is 101 Å². The first-order chi connectivity index (χ1) is 20.2. The van der Waals surface area contributed by atoms with Crippen LogP contribution in [-0.2, 0) is 20.6 Å². The van der Waals surface area contributed by atoms with E-state index < -0.39 is 38.9 Å². The Morgan fingerprint density at radius 1 is 0.810 bits per heavy atom. The van der Waals surface area contributed by atoms with Crippen molar-refractivity contribution in [1.82, 2.24) is 4.72 Å². The minimum absolute atomic E-state index is 0.118. The van der Waals surface area contributed by atoms with Gasteiger partial charge in [-0.25, -0.2) is 13.3 Å². The number of anilines is 1. The number of halogens is 1. The summed E-state index contributed by atoms with van der Waals surface area (Å²) < 4.78 is 39.2. The highest BCUT2D eigenvalue weighted by molar-refractivity contribution is 7.89. The van der Waals surface area contributed by atoms with Crippen molar-refractivity contribution in [3.8, 4) is 11.5 Å². The summed E-state index contributed by atoms with van der Waals surface area (Å²) in [6.07, 6.45) is 0. The molecule has 4 aromatic carbocycles. The van der Waals surface area contributed by atoms with Crippen molar-refractivity contribution in [1.29, 1.82) is 0 Å². The van der Waals surface area contributed by atoms with Crippen LogP contribution >= 0.6 is 11.6 Å². The highest BCUT2D eigenvalue weighted by atomic mass is 35.5. The third-order valence-electron chi connectivity index (χ3n) is 6.66. The van der Waals surface area contributed by atoms with Gasteiger partial charge in [0.15, 0.2) is 0 Å². The fraction of sp³-hybridized carbons (Fsp3) is 0.194. The van der Waals surface area contributed by atoms with Gasteiger partial charge in [0.25, 0.3) is 17.7 Å². The van der Waals surface area contributed by atoms with E-state index in [1.54, 1.807) is 44.2 Å². The first-order valence-corrected chi connectivity index (χ1v) is 15.3. The number of fused-ring (bicyclic) bond motifs is 2. The quantitative estimate of drug-likeness (QED) is 0.191. The number of amides is 3. The molecule has 11 heteroatoms. The first kappa shape index (κ1) is 29.1. The molecule has 1 unspecified atom stereocenters. The van der Waals surface area contributed by atoms with E-state index in [0.717, 1.165) is 4.90 Å². The average molecular weight is 607 g/mol.